The van der Waals surface area contributed by atoms with Crippen molar-refractivity contribution < 1.29 is 14.1 Å². The lowest BCUT2D eigenvalue weighted by Crippen LogP contribution is -2.43. The van der Waals surface area contributed by atoms with Crippen molar-refractivity contribution in [3.8, 4) is 6.01 Å². The summed E-state index contributed by atoms with van der Waals surface area (Å²) in [5.74, 6) is -0.327. The second-order valence-electron chi connectivity index (χ2n) is 8.17. The minimum Gasteiger partial charge on any atom is -0.464 e. The van der Waals surface area contributed by atoms with Gasteiger partial charge in [-0.05, 0) is 38.9 Å². The highest BCUT2D eigenvalue weighted by Gasteiger charge is 2.41. The summed E-state index contributed by atoms with van der Waals surface area (Å²) >= 11 is 0. The Balaban J connectivity index is 1.45. The largest absolute Gasteiger partial charge is 0.464 e. The topological polar surface area (TPSA) is 96.7 Å². The number of rotatable bonds is 8. The lowest BCUT2D eigenvalue weighted by Gasteiger charge is -2.31. The summed E-state index contributed by atoms with van der Waals surface area (Å²) in [6, 6.07) is 6.39. The number of piperazine rings is 1. The molecule has 2 fully saturated rings. The van der Waals surface area contributed by atoms with Crippen LogP contribution in [0.25, 0.3) is 0 Å². The van der Waals surface area contributed by atoms with E-state index >= 15 is 0 Å². The fourth-order valence-corrected chi connectivity index (χ4v) is 4.46. The minimum atomic E-state index is -0.548. The molecule has 2 saturated heterocycles. The summed E-state index contributed by atoms with van der Waals surface area (Å²) in [6.45, 7) is 6.51. The fraction of sp³-hybridized carbons (Fsp3) is 0.524. The highest BCUT2D eigenvalue weighted by Crippen LogP contribution is 2.31. The molecule has 1 unspecified atom stereocenters. The van der Waals surface area contributed by atoms with Gasteiger partial charge in [-0.15, -0.1) is 0 Å². The van der Waals surface area contributed by atoms with E-state index in [1.165, 1.54) is 13.3 Å². The predicted molar refractivity (Wildman–Crippen MR) is 114 cm³/mol. The summed E-state index contributed by atoms with van der Waals surface area (Å²) in [7, 11) is 2.16. The van der Waals surface area contributed by atoms with Gasteiger partial charge in [0.1, 0.15) is 11.5 Å². The van der Waals surface area contributed by atoms with Crippen molar-refractivity contribution in [2.24, 2.45) is 0 Å². The first-order valence-electron chi connectivity index (χ1n) is 10.5. The zero-order valence-corrected chi connectivity index (χ0v) is 18.0. The van der Waals surface area contributed by atoms with E-state index in [2.05, 4.69) is 32.1 Å². The molecule has 166 valence electrons. The molecule has 2 aliphatic heterocycles. The second kappa shape index (κ2) is 8.72. The van der Waals surface area contributed by atoms with E-state index < -0.39 is 4.92 Å². The van der Waals surface area contributed by atoms with Gasteiger partial charge >= 0.3 is 11.7 Å². The van der Waals surface area contributed by atoms with Gasteiger partial charge in [-0.25, -0.2) is 4.39 Å². The first-order valence-corrected chi connectivity index (χ1v) is 10.5. The molecule has 1 aromatic heterocycles. The summed E-state index contributed by atoms with van der Waals surface area (Å²) in [6.07, 6.45) is 1.18. The number of nitrogens with one attached hydrogen (secondary N) is 1. The summed E-state index contributed by atoms with van der Waals surface area (Å²) in [4.78, 5) is 23.8. The van der Waals surface area contributed by atoms with Crippen LogP contribution < -0.4 is 10.1 Å². The molecular weight excluding hydrogens is 403 g/mol. The number of hydrogen-bond donors (Lipinski definition) is 1. The van der Waals surface area contributed by atoms with Gasteiger partial charge in [-0.3, -0.25) is 15.0 Å². The third kappa shape index (κ3) is 4.45. The van der Waals surface area contributed by atoms with Gasteiger partial charge < -0.3 is 15.0 Å². The number of fused-ring (bicyclic) bond motifs is 2. The number of aryl methyl sites for hydroxylation is 1. The highest BCUT2D eigenvalue weighted by molar-refractivity contribution is 5.59. The van der Waals surface area contributed by atoms with Crippen molar-refractivity contribution in [2.75, 3.05) is 32.1 Å². The van der Waals surface area contributed by atoms with Crippen molar-refractivity contribution in [2.45, 2.75) is 45.4 Å². The first kappa shape index (κ1) is 21.4. The molecule has 0 aliphatic carbocycles. The molecule has 3 heterocycles. The van der Waals surface area contributed by atoms with Crippen molar-refractivity contribution in [1.82, 2.24) is 19.8 Å². The smallest absolute Gasteiger partial charge is 0.332 e. The van der Waals surface area contributed by atoms with Crippen LogP contribution in [0.2, 0.25) is 0 Å². The van der Waals surface area contributed by atoms with Gasteiger partial charge in [0, 0.05) is 43.8 Å². The number of aromatic nitrogens is 2. The zero-order chi connectivity index (χ0) is 22.1. The SMILES string of the molecule is CCOc1nc(C)c([N+](=O)[O-])c(NCc2ccc(CN3CC4C[C@H]3CN4C)cc2F)n1. The summed E-state index contributed by atoms with van der Waals surface area (Å²) < 4.78 is 20.0. The predicted octanol–water partition coefficient (Wildman–Crippen LogP) is 2.73. The Bertz CT molecular complexity index is 986. The number of likely N-dealkylation sites (tertiary alicyclic amines) is 2. The van der Waals surface area contributed by atoms with E-state index in [-0.39, 0.29) is 35.6 Å². The number of benzene rings is 1. The van der Waals surface area contributed by atoms with Crippen molar-refractivity contribution in [1.29, 1.82) is 0 Å². The molecule has 0 saturated carbocycles. The minimum absolute atomic E-state index is 0.0154. The number of hydrogen-bond acceptors (Lipinski definition) is 8. The van der Waals surface area contributed by atoms with Crippen LogP contribution in [-0.2, 0) is 13.1 Å². The maximum absolute atomic E-state index is 14.8. The quantitative estimate of drug-likeness (QED) is 0.504. The highest BCUT2D eigenvalue weighted by atomic mass is 19.1. The molecule has 0 amide bonds. The Morgan fingerprint density at radius 3 is 2.74 bits per heavy atom. The van der Waals surface area contributed by atoms with E-state index in [1.807, 2.05) is 6.07 Å². The van der Waals surface area contributed by atoms with Gasteiger partial charge in [-0.2, -0.15) is 9.97 Å². The third-order valence-electron chi connectivity index (χ3n) is 6.07. The van der Waals surface area contributed by atoms with Gasteiger partial charge in [0.05, 0.1) is 11.5 Å². The van der Waals surface area contributed by atoms with E-state index in [0.29, 0.717) is 24.3 Å². The van der Waals surface area contributed by atoms with Gasteiger partial charge in [-0.1, -0.05) is 12.1 Å². The molecule has 2 bridgehead atoms. The van der Waals surface area contributed by atoms with Gasteiger partial charge in [0.15, 0.2) is 0 Å². The molecule has 9 nitrogen and oxygen atoms in total. The molecule has 31 heavy (non-hydrogen) atoms. The number of anilines is 1. The van der Waals surface area contributed by atoms with Gasteiger partial charge in [0.2, 0.25) is 5.82 Å². The van der Waals surface area contributed by atoms with Crippen molar-refractivity contribution in [3.05, 3.63) is 51.0 Å². The maximum atomic E-state index is 14.8. The fourth-order valence-electron chi connectivity index (χ4n) is 4.46. The normalized spacial score (nSPS) is 20.9. The Labute approximate surface area is 180 Å². The molecule has 0 spiro atoms. The molecule has 2 atom stereocenters. The Morgan fingerprint density at radius 2 is 2.13 bits per heavy atom. The van der Waals surface area contributed by atoms with E-state index in [1.54, 1.807) is 19.1 Å². The van der Waals surface area contributed by atoms with Crippen LogP contribution in [-0.4, -0.2) is 63.5 Å². The number of ether oxygens (including phenoxy) is 1. The lowest BCUT2D eigenvalue weighted by molar-refractivity contribution is -0.385. The first-order chi connectivity index (χ1) is 14.9. The van der Waals surface area contributed by atoms with Crippen LogP contribution in [0, 0.1) is 22.9 Å². The molecule has 1 aromatic carbocycles. The summed E-state index contributed by atoms with van der Waals surface area (Å²) in [5, 5.41) is 14.3. The third-order valence-corrected chi connectivity index (χ3v) is 6.07. The second-order valence-corrected chi connectivity index (χ2v) is 8.17. The Morgan fingerprint density at radius 1 is 1.32 bits per heavy atom. The molecule has 0 radical (unpaired) electrons. The molecule has 4 rings (SSSR count). The van der Waals surface area contributed by atoms with E-state index in [4.69, 9.17) is 4.74 Å². The monoisotopic (exact) mass is 430 g/mol. The molecule has 10 heteroatoms. The van der Waals surface area contributed by atoms with Crippen LogP contribution >= 0.6 is 0 Å². The zero-order valence-electron chi connectivity index (χ0n) is 18.0. The number of halogens is 1. The number of nitro groups is 1. The average Bonchev–Trinajstić information content (AvgIpc) is 3.26. The van der Waals surface area contributed by atoms with Crippen molar-refractivity contribution in [3.63, 3.8) is 0 Å². The Kier molecular flexibility index (Phi) is 6.01. The average molecular weight is 430 g/mol. The molecule has 1 N–H and O–H groups in total. The van der Waals surface area contributed by atoms with Gasteiger partial charge in [0.25, 0.3) is 0 Å². The van der Waals surface area contributed by atoms with Crippen LogP contribution in [0.5, 0.6) is 6.01 Å². The number of likely N-dealkylation sites (N-methyl/N-ethyl adjacent to an activating group) is 1. The maximum Gasteiger partial charge on any atom is 0.332 e. The molecule has 2 aliphatic rings. The van der Waals surface area contributed by atoms with E-state index in [0.717, 1.165) is 25.2 Å². The number of nitrogens with zero attached hydrogens (tertiary/aromatic N) is 5. The van der Waals surface area contributed by atoms with Crippen LogP contribution in [0.3, 0.4) is 0 Å². The van der Waals surface area contributed by atoms with Crippen LogP contribution in [0.4, 0.5) is 15.9 Å². The standard InChI is InChI=1S/C21H27FN6O3/c1-4-31-21-24-13(2)19(28(29)30)20(25-21)23-9-15-6-5-14(7-18(15)22)10-27-12-16-8-17(27)11-26(16)3/h5-7,16-17H,4,8-12H2,1-3H3,(H,23,24,25)/t16?,17-/m0/s1. The van der Waals surface area contributed by atoms with E-state index in [9.17, 15) is 14.5 Å². The van der Waals surface area contributed by atoms with Crippen molar-refractivity contribution >= 4 is 11.5 Å². The van der Waals surface area contributed by atoms with Crippen LogP contribution in [0.15, 0.2) is 18.2 Å². The lowest BCUT2D eigenvalue weighted by atomic mass is 10.1. The molecular formula is C21H27FN6O3. The van der Waals surface area contributed by atoms with Crippen LogP contribution in [0.1, 0.15) is 30.2 Å². The molecule has 2 aromatic rings. The summed E-state index contributed by atoms with van der Waals surface area (Å²) in [5.41, 5.74) is 1.29. The Hall–Kier alpha value is -2.85.